The van der Waals surface area contributed by atoms with Gasteiger partial charge in [0.1, 0.15) is 0 Å². The van der Waals surface area contributed by atoms with Crippen LogP contribution in [0.3, 0.4) is 0 Å². The number of rotatable bonds is 3. The lowest BCUT2D eigenvalue weighted by Crippen LogP contribution is -2.21. The first-order valence-corrected chi connectivity index (χ1v) is 5.17. The summed E-state index contributed by atoms with van der Waals surface area (Å²) in [5.41, 5.74) is 6.95. The molecule has 1 aromatic carbocycles. The van der Waals surface area contributed by atoms with Crippen LogP contribution in [0.1, 0.15) is 11.6 Å². The van der Waals surface area contributed by atoms with Gasteiger partial charge in [0.15, 0.2) is 0 Å². The minimum absolute atomic E-state index is 0.0399. The minimum atomic E-state index is -2.42. The Bertz CT molecular complexity index is 491. The van der Waals surface area contributed by atoms with Gasteiger partial charge in [0.25, 0.3) is 0 Å². The van der Waals surface area contributed by atoms with Crippen molar-refractivity contribution in [1.82, 2.24) is 4.57 Å². The quantitative estimate of drug-likeness (QED) is 0.853. The van der Waals surface area contributed by atoms with E-state index in [1.165, 1.54) is 0 Å². The molecule has 0 aliphatic rings. The number of halogens is 2. The van der Waals surface area contributed by atoms with Crippen molar-refractivity contribution in [3.05, 3.63) is 36.0 Å². The summed E-state index contributed by atoms with van der Waals surface area (Å²) < 4.78 is 27.4. The van der Waals surface area contributed by atoms with Crippen molar-refractivity contribution < 1.29 is 8.78 Å². The zero-order valence-electron chi connectivity index (χ0n) is 9.03. The summed E-state index contributed by atoms with van der Waals surface area (Å²) in [6, 6.07) is 9.41. The maximum absolute atomic E-state index is 12.8. The highest BCUT2D eigenvalue weighted by Crippen LogP contribution is 2.27. The molecule has 4 heteroatoms. The normalized spacial score (nSPS) is 13.6. The molecule has 2 aromatic rings. The zero-order valence-corrected chi connectivity index (χ0v) is 9.03. The third kappa shape index (κ3) is 1.69. The standard InChI is InChI=1S/C12H14F2N2/c1-16-10-5-3-2-4-8(10)6-11(16)9(7-15)12(13)14/h2-6,9,12H,7,15H2,1H3. The van der Waals surface area contributed by atoms with Crippen LogP contribution in [0, 0.1) is 0 Å². The van der Waals surface area contributed by atoms with Crippen LogP contribution in [0.4, 0.5) is 8.78 Å². The average molecular weight is 224 g/mol. The highest BCUT2D eigenvalue weighted by atomic mass is 19.3. The Labute approximate surface area is 92.7 Å². The first kappa shape index (κ1) is 11.1. The van der Waals surface area contributed by atoms with E-state index in [4.69, 9.17) is 5.73 Å². The van der Waals surface area contributed by atoms with Gasteiger partial charge in [-0.15, -0.1) is 0 Å². The zero-order chi connectivity index (χ0) is 11.7. The molecule has 0 radical (unpaired) electrons. The number of para-hydroxylation sites is 1. The fourth-order valence-corrected chi connectivity index (χ4v) is 2.02. The van der Waals surface area contributed by atoms with Crippen LogP contribution < -0.4 is 5.73 Å². The fourth-order valence-electron chi connectivity index (χ4n) is 2.02. The van der Waals surface area contributed by atoms with Crippen molar-refractivity contribution in [3.8, 4) is 0 Å². The number of aryl methyl sites for hydroxylation is 1. The van der Waals surface area contributed by atoms with Gasteiger partial charge in [-0.3, -0.25) is 0 Å². The number of nitrogens with two attached hydrogens (primary N) is 1. The first-order valence-electron chi connectivity index (χ1n) is 5.17. The fraction of sp³-hybridized carbons (Fsp3) is 0.333. The van der Waals surface area contributed by atoms with Gasteiger partial charge in [0.2, 0.25) is 6.43 Å². The summed E-state index contributed by atoms with van der Waals surface area (Å²) in [7, 11) is 1.79. The van der Waals surface area contributed by atoms with Gasteiger partial charge in [0, 0.05) is 24.8 Å². The molecule has 0 aliphatic carbocycles. The molecule has 0 amide bonds. The second-order valence-corrected chi connectivity index (χ2v) is 3.86. The van der Waals surface area contributed by atoms with Gasteiger partial charge in [-0.05, 0) is 17.5 Å². The second kappa shape index (κ2) is 4.22. The lowest BCUT2D eigenvalue weighted by molar-refractivity contribution is 0.114. The molecular weight excluding hydrogens is 210 g/mol. The summed E-state index contributed by atoms with van der Waals surface area (Å²) in [5.74, 6) is -0.891. The molecule has 0 spiro atoms. The third-order valence-corrected chi connectivity index (χ3v) is 2.93. The van der Waals surface area contributed by atoms with Crippen molar-refractivity contribution in [2.75, 3.05) is 6.54 Å². The van der Waals surface area contributed by atoms with Crippen molar-refractivity contribution in [2.45, 2.75) is 12.3 Å². The van der Waals surface area contributed by atoms with Gasteiger partial charge < -0.3 is 10.3 Å². The van der Waals surface area contributed by atoms with Gasteiger partial charge in [-0.25, -0.2) is 8.78 Å². The molecule has 0 aliphatic heterocycles. The molecule has 0 saturated carbocycles. The Kier molecular flexibility index (Phi) is 2.92. The molecule has 0 bridgehead atoms. The van der Waals surface area contributed by atoms with Gasteiger partial charge in [-0.1, -0.05) is 18.2 Å². The van der Waals surface area contributed by atoms with Gasteiger partial charge >= 0.3 is 0 Å². The first-order chi connectivity index (χ1) is 7.65. The Balaban J connectivity index is 2.56. The van der Waals surface area contributed by atoms with E-state index in [1.54, 1.807) is 17.7 Å². The van der Waals surface area contributed by atoms with Crippen molar-refractivity contribution in [2.24, 2.45) is 12.8 Å². The molecular formula is C12H14F2N2. The van der Waals surface area contributed by atoms with Gasteiger partial charge in [0.05, 0.1) is 5.92 Å². The van der Waals surface area contributed by atoms with E-state index in [-0.39, 0.29) is 6.54 Å². The molecule has 1 unspecified atom stereocenters. The number of alkyl halides is 2. The van der Waals surface area contributed by atoms with E-state index in [0.717, 1.165) is 10.9 Å². The van der Waals surface area contributed by atoms with E-state index >= 15 is 0 Å². The molecule has 16 heavy (non-hydrogen) atoms. The Morgan fingerprint density at radius 2 is 2.00 bits per heavy atom. The smallest absolute Gasteiger partial charge is 0.248 e. The molecule has 2 rings (SSSR count). The van der Waals surface area contributed by atoms with E-state index in [2.05, 4.69) is 0 Å². The highest BCUT2D eigenvalue weighted by molar-refractivity contribution is 5.81. The summed E-state index contributed by atoms with van der Waals surface area (Å²) in [4.78, 5) is 0. The molecule has 2 N–H and O–H groups in total. The second-order valence-electron chi connectivity index (χ2n) is 3.86. The highest BCUT2D eigenvalue weighted by Gasteiger charge is 2.24. The third-order valence-electron chi connectivity index (χ3n) is 2.93. The Morgan fingerprint density at radius 1 is 1.31 bits per heavy atom. The summed E-state index contributed by atoms with van der Waals surface area (Å²) in [6.07, 6.45) is -2.42. The summed E-state index contributed by atoms with van der Waals surface area (Å²) in [5, 5.41) is 0.971. The van der Waals surface area contributed by atoms with Crippen LogP contribution in [0.15, 0.2) is 30.3 Å². The largest absolute Gasteiger partial charge is 0.347 e. The number of aromatic nitrogens is 1. The number of hydrogen-bond acceptors (Lipinski definition) is 1. The van der Waals surface area contributed by atoms with Crippen LogP contribution in [0.5, 0.6) is 0 Å². The maximum Gasteiger partial charge on any atom is 0.248 e. The SMILES string of the molecule is Cn1c(C(CN)C(F)F)cc2ccccc21. The van der Waals surface area contributed by atoms with E-state index in [0.29, 0.717) is 5.69 Å². The molecule has 1 atom stereocenters. The Hall–Kier alpha value is -1.42. The topological polar surface area (TPSA) is 30.9 Å². The van der Waals surface area contributed by atoms with Crippen molar-refractivity contribution >= 4 is 10.9 Å². The molecule has 2 nitrogen and oxygen atoms in total. The molecule has 1 heterocycles. The van der Waals surface area contributed by atoms with Crippen molar-refractivity contribution in [3.63, 3.8) is 0 Å². The van der Waals surface area contributed by atoms with Crippen molar-refractivity contribution in [1.29, 1.82) is 0 Å². The maximum atomic E-state index is 12.8. The number of fused-ring (bicyclic) bond motifs is 1. The van der Waals surface area contributed by atoms with E-state index < -0.39 is 12.3 Å². The van der Waals surface area contributed by atoms with E-state index in [9.17, 15) is 8.78 Å². The monoisotopic (exact) mass is 224 g/mol. The van der Waals surface area contributed by atoms with Gasteiger partial charge in [-0.2, -0.15) is 0 Å². The molecule has 1 aromatic heterocycles. The van der Waals surface area contributed by atoms with Crippen LogP contribution in [-0.2, 0) is 7.05 Å². The summed E-state index contributed by atoms with van der Waals surface area (Å²) >= 11 is 0. The molecule has 0 fully saturated rings. The van der Waals surface area contributed by atoms with Crippen LogP contribution in [-0.4, -0.2) is 17.5 Å². The molecule has 86 valence electrons. The minimum Gasteiger partial charge on any atom is -0.347 e. The molecule has 0 saturated heterocycles. The Morgan fingerprint density at radius 3 is 2.56 bits per heavy atom. The number of nitrogens with zero attached hydrogens (tertiary/aromatic N) is 1. The predicted octanol–water partition coefficient (Wildman–Crippen LogP) is 2.49. The summed E-state index contributed by atoms with van der Waals surface area (Å²) in [6.45, 7) is -0.0399. The number of benzene rings is 1. The predicted molar refractivity (Wildman–Crippen MR) is 60.7 cm³/mol. The van der Waals surface area contributed by atoms with Crippen LogP contribution >= 0.6 is 0 Å². The lowest BCUT2D eigenvalue weighted by atomic mass is 10.1. The van der Waals surface area contributed by atoms with Crippen LogP contribution in [0.25, 0.3) is 10.9 Å². The average Bonchev–Trinajstić information content (AvgIpc) is 2.58. The van der Waals surface area contributed by atoms with Crippen LogP contribution in [0.2, 0.25) is 0 Å². The number of hydrogen-bond donors (Lipinski definition) is 1. The lowest BCUT2D eigenvalue weighted by Gasteiger charge is -2.14. The van der Waals surface area contributed by atoms with E-state index in [1.807, 2.05) is 24.3 Å².